The number of carbonyl (C=O) groups excluding carboxylic acids is 2. The second-order valence-electron chi connectivity index (χ2n) is 6.90. The van der Waals surface area contributed by atoms with Crippen LogP contribution in [0.15, 0.2) is 59.3 Å². The van der Waals surface area contributed by atoms with E-state index in [1.165, 1.54) is 28.2 Å². The number of nitrogens with zero attached hydrogens (tertiary/aromatic N) is 1. The molecule has 2 aromatic heterocycles. The van der Waals surface area contributed by atoms with Crippen LogP contribution in [0.1, 0.15) is 43.3 Å². The molecule has 1 aliphatic heterocycles. The predicted molar refractivity (Wildman–Crippen MR) is 111 cm³/mol. The average Bonchev–Trinajstić information content (AvgIpc) is 3.40. The Morgan fingerprint density at radius 2 is 1.70 bits per heavy atom. The predicted octanol–water partition coefficient (Wildman–Crippen LogP) is 5.14. The lowest BCUT2D eigenvalue weighted by Gasteiger charge is -2.32. The van der Waals surface area contributed by atoms with E-state index in [9.17, 15) is 9.59 Å². The van der Waals surface area contributed by atoms with E-state index in [1.807, 2.05) is 33.9 Å². The number of amides is 1. The van der Waals surface area contributed by atoms with Crippen LogP contribution in [0.4, 0.5) is 0 Å². The molecule has 0 saturated carbocycles. The molecule has 3 nitrogen and oxygen atoms in total. The Balaban J connectivity index is 1.40. The molecule has 3 aromatic rings. The van der Waals surface area contributed by atoms with Gasteiger partial charge in [0, 0.05) is 18.7 Å². The summed E-state index contributed by atoms with van der Waals surface area (Å²) in [5.41, 5.74) is 1.91. The fourth-order valence-electron chi connectivity index (χ4n) is 3.63. The standard InChI is InChI=1S/C22H21NO2S2/c24-20(19-7-4-13-26-19)18-10-14-27-21(18)22(25)23-11-8-17(9-12-23)15-16-5-2-1-3-6-16/h1-7,10,13-14,17H,8-9,11-12,15H2. The topological polar surface area (TPSA) is 37.4 Å². The first-order chi connectivity index (χ1) is 13.2. The van der Waals surface area contributed by atoms with Crippen molar-refractivity contribution in [2.24, 2.45) is 5.92 Å². The van der Waals surface area contributed by atoms with Crippen molar-refractivity contribution in [3.05, 3.63) is 80.2 Å². The number of likely N-dealkylation sites (tertiary alicyclic amines) is 1. The van der Waals surface area contributed by atoms with Gasteiger partial charge in [0.2, 0.25) is 5.78 Å². The molecule has 0 atom stereocenters. The van der Waals surface area contributed by atoms with Crippen LogP contribution in [0.25, 0.3) is 0 Å². The highest BCUT2D eigenvalue weighted by Gasteiger charge is 2.28. The Bertz CT molecular complexity index is 907. The maximum Gasteiger partial charge on any atom is 0.264 e. The Hall–Kier alpha value is -2.24. The molecule has 27 heavy (non-hydrogen) atoms. The Kier molecular flexibility index (Phi) is 5.50. The van der Waals surface area contributed by atoms with E-state index in [0.717, 1.165) is 32.4 Å². The molecule has 0 aliphatic carbocycles. The zero-order valence-electron chi connectivity index (χ0n) is 15.0. The van der Waals surface area contributed by atoms with Crippen LogP contribution in [-0.2, 0) is 6.42 Å². The summed E-state index contributed by atoms with van der Waals surface area (Å²) in [6, 6.07) is 16.0. The number of hydrogen-bond acceptors (Lipinski definition) is 4. The van der Waals surface area contributed by atoms with E-state index < -0.39 is 0 Å². The molecule has 0 bridgehead atoms. The number of thiophene rings is 2. The first-order valence-corrected chi connectivity index (χ1v) is 11.0. The highest BCUT2D eigenvalue weighted by Crippen LogP contribution is 2.27. The van der Waals surface area contributed by atoms with Crippen LogP contribution < -0.4 is 0 Å². The largest absolute Gasteiger partial charge is 0.338 e. The number of carbonyl (C=O) groups is 2. The SMILES string of the molecule is O=C(c1cccs1)c1ccsc1C(=O)N1CCC(Cc2ccccc2)CC1. The fraction of sp³-hybridized carbons (Fsp3) is 0.273. The minimum absolute atomic E-state index is 0.00284. The molecule has 138 valence electrons. The van der Waals surface area contributed by atoms with Gasteiger partial charge in [-0.05, 0) is 53.6 Å². The van der Waals surface area contributed by atoms with Crippen molar-refractivity contribution in [1.29, 1.82) is 0 Å². The van der Waals surface area contributed by atoms with Crippen LogP contribution in [0.5, 0.6) is 0 Å². The van der Waals surface area contributed by atoms with Crippen LogP contribution in [-0.4, -0.2) is 29.7 Å². The molecule has 1 amide bonds. The van der Waals surface area contributed by atoms with Gasteiger partial charge in [-0.25, -0.2) is 0 Å². The summed E-state index contributed by atoms with van der Waals surface area (Å²) in [5, 5.41) is 3.73. The summed E-state index contributed by atoms with van der Waals surface area (Å²) in [5.74, 6) is 0.573. The van der Waals surface area contributed by atoms with Crippen molar-refractivity contribution in [2.45, 2.75) is 19.3 Å². The van der Waals surface area contributed by atoms with Crippen molar-refractivity contribution in [3.8, 4) is 0 Å². The Labute approximate surface area is 167 Å². The van der Waals surface area contributed by atoms with E-state index in [4.69, 9.17) is 0 Å². The minimum atomic E-state index is -0.0476. The number of hydrogen-bond donors (Lipinski definition) is 0. The van der Waals surface area contributed by atoms with E-state index in [0.29, 0.717) is 21.2 Å². The van der Waals surface area contributed by atoms with E-state index >= 15 is 0 Å². The van der Waals surface area contributed by atoms with Crippen molar-refractivity contribution >= 4 is 34.4 Å². The molecular weight excluding hydrogens is 374 g/mol. The van der Waals surface area contributed by atoms with E-state index in [-0.39, 0.29) is 11.7 Å². The van der Waals surface area contributed by atoms with Gasteiger partial charge in [-0.3, -0.25) is 9.59 Å². The average molecular weight is 396 g/mol. The Morgan fingerprint density at radius 3 is 2.41 bits per heavy atom. The van der Waals surface area contributed by atoms with Gasteiger partial charge in [0.25, 0.3) is 5.91 Å². The summed E-state index contributed by atoms with van der Waals surface area (Å²) in [6.07, 6.45) is 3.10. The van der Waals surface area contributed by atoms with Crippen molar-refractivity contribution in [1.82, 2.24) is 4.90 Å². The van der Waals surface area contributed by atoms with Crippen LogP contribution >= 0.6 is 22.7 Å². The third-order valence-corrected chi connectivity index (χ3v) is 6.89. The van der Waals surface area contributed by atoms with Crippen molar-refractivity contribution < 1.29 is 9.59 Å². The lowest BCUT2D eigenvalue weighted by Crippen LogP contribution is -2.39. The number of ketones is 1. The molecule has 0 unspecified atom stereocenters. The first kappa shape index (κ1) is 18.1. The van der Waals surface area contributed by atoms with Crippen molar-refractivity contribution in [2.75, 3.05) is 13.1 Å². The highest BCUT2D eigenvalue weighted by molar-refractivity contribution is 7.13. The van der Waals surface area contributed by atoms with Gasteiger partial charge in [0.1, 0.15) is 4.88 Å². The van der Waals surface area contributed by atoms with E-state index in [2.05, 4.69) is 24.3 Å². The maximum atomic E-state index is 13.0. The molecule has 0 spiro atoms. The maximum absolute atomic E-state index is 13.0. The summed E-state index contributed by atoms with van der Waals surface area (Å²) in [6.45, 7) is 1.53. The molecule has 1 aliphatic rings. The fourth-order valence-corrected chi connectivity index (χ4v) is 5.16. The quantitative estimate of drug-likeness (QED) is 0.561. The number of benzene rings is 1. The molecule has 0 radical (unpaired) electrons. The van der Waals surface area contributed by atoms with Gasteiger partial charge in [-0.2, -0.15) is 0 Å². The number of piperidine rings is 1. The van der Waals surface area contributed by atoms with Gasteiger partial charge in [-0.1, -0.05) is 36.4 Å². The minimum Gasteiger partial charge on any atom is -0.338 e. The molecule has 1 fully saturated rings. The van der Waals surface area contributed by atoms with Gasteiger partial charge < -0.3 is 4.90 Å². The monoisotopic (exact) mass is 395 g/mol. The third-order valence-electron chi connectivity index (χ3n) is 5.12. The van der Waals surface area contributed by atoms with Gasteiger partial charge in [0.05, 0.1) is 4.88 Å². The summed E-state index contributed by atoms with van der Waals surface area (Å²) in [7, 11) is 0. The third kappa shape index (κ3) is 4.04. The second-order valence-corrected chi connectivity index (χ2v) is 8.76. The van der Waals surface area contributed by atoms with E-state index in [1.54, 1.807) is 6.07 Å². The smallest absolute Gasteiger partial charge is 0.264 e. The molecule has 0 N–H and O–H groups in total. The molecule has 5 heteroatoms. The Morgan fingerprint density at radius 1 is 0.926 bits per heavy atom. The molecule has 1 aromatic carbocycles. The van der Waals surface area contributed by atoms with Crippen molar-refractivity contribution in [3.63, 3.8) is 0 Å². The lowest BCUT2D eigenvalue weighted by atomic mass is 9.90. The van der Waals surface area contributed by atoms with Crippen LogP contribution in [0.2, 0.25) is 0 Å². The van der Waals surface area contributed by atoms with Gasteiger partial charge >= 0.3 is 0 Å². The molecule has 3 heterocycles. The zero-order valence-corrected chi connectivity index (χ0v) is 16.6. The molecule has 4 rings (SSSR count). The summed E-state index contributed by atoms with van der Waals surface area (Å²) >= 11 is 2.79. The highest BCUT2D eigenvalue weighted by atomic mass is 32.1. The summed E-state index contributed by atoms with van der Waals surface area (Å²) < 4.78 is 0. The van der Waals surface area contributed by atoms with Gasteiger partial charge in [0.15, 0.2) is 0 Å². The number of rotatable bonds is 5. The zero-order chi connectivity index (χ0) is 18.6. The van der Waals surface area contributed by atoms with Crippen LogP contribution in [0, 0.1) is 5.92 Å². The van der Waals surface area contributed by atoms with Crippen LogP contribution in [0.3, 0.4) is 0 Å². The normalized spacial score (nSPS) is 15.0. The molecule has 1 saturated heterocycles. The van der Waals surface area contributed by atoms with Gasteiger partial charge in [-0.15, -0.1) is 22.7 Å². The lowest BCUT2D eigenvalue weighted by molar-refractivity contribution is 0.0692. The molecular formula is C22H21NO2S2. The first-order valence-electron chi connectivity index (χ1n) is 9.21. The summed E-state index contributed by atoms with van der Waals surface area (Å²) in [4.78, 5) is 28.9. The second kappa shape index (κ2) is 8.19.